The molecular formula is C19H15BrFN3OS. The predicted molar refractivity (Wildman–Crippen MR) is 105 cm³/mol. The Labute approximate surface area is 163 Å². The van der Waals surface area contributed by atoms with Crippen LogP contribution in [0, 0.1) is 5.82 Å². The number of carbonyl (C=O) groups is 1. The Morgan fingerprint density at radius 2 is 1.92 bits per heavy atom. The van der Waals surface area contributed by atoms with E-state index in [2.05, 4.69) is 32.7 Å². The minimum absolute atomic E-state index is 0.0110. The lowest BCUT2D eigenvalue weighted by molar-refractivity contribution is 0.102. The van der Waals surface area contributed by atoms with Crippen molar-refractivity contribution in [3.63, 3.8) is 0 Å². The topological polar surface area (TPSA) is 47.8 Å². The normalized spacial score (nSPS) is 10.7. The van der Waals surface area contributed by atoms with Crippen molar-refractivity contribution in [2.45, 2.75) is 11.7 Å². The minimum Gasteiger partial charge on any atom is -0.298 e. The summed E-state index contributed by atoms with van der Waals surface area (Å²) in [6, 6.07) is 13.6. The third-order valence-corrected chi connectivity index (χ3v) is 5.14. The van der Waals surface area contributed by atoms with Crippen LogP contribution in [0.25, 0.3) is 11.4 Å². The molecule has 3 aromatic rings. The van der Waals surface area contributed by atoms with Crippen molar-refractivity contribution < 1.29 is 9.18 Å². The molecule has 0 saturated heterocycles. The Hall–Kier alpha value is -2.25. The number of hydrogen-bond donors (Lipinski definition) is 0. The number of halogens is 2. The van der Waals surface area contributed by atoms with Crippen molar-refractivity contribution >= 4 is 33.5 Å². The van der Waals surface area contributed by atoms with Crippen LogP contribution in [0.5, 0.6) is 0 Å². The van der Waals surface area contributed by atoms with E-state index in [1.54, 1.807) is 41.0 Å². The molecule has 0 bridgehead atoms. The lowest BCUT2D eigenvalue weighted by Crippen LogP contribution is -2.05. The summed E-state index contributed by atoms with van der Waals surface area (Å²) >= 11 is 4.62. The van der Waals surface area contributed by atoms with Gasteiger partial charge in [-0.25, -0.2) is 4.39 Å². The Morgan fingerprint density at radius 3 is 2.62 bits per heavy atom. The molecule has 0 radical (unpaired) electrons. The van der Waals surface area contributed by atoms with Crippen LogP contribution in [0.15, 0.2) is 70.8 Å². The summed E-state index contributed by atoms with van der Waals surface area (Å²) in [5.74, 6) is 0.256. The number of rotatable bonds is 7. The number of Topliss-reactive ketones (excluding diaryl/α,β-unsaturated/α-hetero) is 1. The lowest BCUT2D eigenvalue weighted by Gasteiger charge is -2.08. The van der Waals surface area contributed by atoms with E-state index in [9.17, 15) is 9.18 Å². The van der Waals surface area contributed by atoms with Gasteiger partial charge in [0.15, 0.2) is 16.8 Å². The average molecular weight is 432 g/mol. The Kier molecular flexibility index (Phi) is 6.00. The van der Waals surface area contributed by atoms with Crippen LogP contribution in [0.1, 0.15) is 10.4 Å². The summed E-state index contributed by atoms with van der Waals surface area (Å²) in [6.07, 6.45) is 1.69. The molecule has 0 aliphatic carbocycles. The third kappa shape index (κ3) is 4.11. The summed E-state index contributed by atoms with van der Waals surface area (Å²) in [5, 5.41) is 8.80. The van der Waals surface area contributed by atoms with Crippen LogP contribution in [0.3, 0.4) is 0 Å². The van der Waals surface area contributed by atoms with Crippen molar-refractivity contribution in [1.82, 2.24) is 14.8 Å². The van der Waals surface area contributed by atoms with E-state index in [4.69, 9.17) is 0 Å². The number of allylic oxidation sites excluding steroid dienone is 1. The smallest absolute Gasteiger partial charge is 0.192 e. The minimum atomic E-state index is -0.368. The fraction of sp³-hybridized carbons (Fsp3) is 0.105. The molecule has 7 heteroatoms. The zero-order valence-electron chi connectivity index (χ0n) is 13.7. The molecule has 2 aromatic carbocycles. The first-order chi connectivity index (χ1) is 12.6. The highest BCUT2D eigenvalue weighted by Gasteiger charge is 2.17. The van der Waals surface area contributed by atoms with Gasteiger partial charge in [0.1, 0.15) is 5.82 Å². The highest BCUT2D eigenvalue weighted by Crippen LogP contribution is 2.26. The lowest BCUT2D eigenvalue weighted by atomic mass is 10.2. The highest BCUT2D eigenvalue weighted by atomic mass is 79.9. The number of aromatic nitrogens is 3. The molecule has 3 rings (SSSR count). The van der Waals surface area contributed by atoms with Gasteiger partial charge in [0.2, 0.25) is 0 Å². The zero-order chi connectivity index (χ0) is 18.5. The van der Waals surface area contributed by atoms with Crippen molar-refractivity contribution in [1.29, 1.82) is 0 Å². The molecule has 0 fully saturated rings. The van der Waals surface area contributed by atoms with E-state index in [1.165, 1.54) is 17.8 Å². The molecule has 0 N–H and O–H groups in total. The number of carbonyl (C=O) groups excluding carboxylic acids is 1. The van der Waals surface area contributed by atoms with Gasteiger partial charge in [0.05, 0.1) is 11.3 Å². The van der Waals surface area contributed by atoms with Crippen molar-refractivity contribution in [2.24, 2.45) is 0 Å². The van der Waals surface area contributed by atoms with Gasteiger partial charge >= 0.3 is 0 Å². The second-order valence-corrected chi connectivity index (χ2v) is 7.26. The maximum Gasteiger partial charge on any atom is 0.192 e. The largest absolute Gasteiger partial charge is 0.298 e. The van der Waals surface area contributed by atoms with Crippen LogP contribution in [-0.2, 0) is 6.54 Å². The zero-order valence-corrected chi connectivity index (χ0v) is 16.1. The van der Waals surface area contributed by atoms with E-state index in [0.717, 1.165) is 4.47 Å². The fourth-order valence-corrected chi connectivity index (χ4v) is 3.49. The van der Waals surface area contributed by atoms with Gasteiger partial charge in [0, 0.05) is 16.6 Å². The van der Waals surface area contributed by atoms with Crippen molar-refractivity contribution in [3.05, 3.63) is 77.0 Å². The standard InChI is InChI=1S/C19H15BrFN3OS/c1-2-11-24-18(15-5-3-4-6-16(15)21)22-23-19(24)26-12-17(25)13-7-9-14(20)10-8-13/h2-10H,1,11-12H2. The molecule has 0 saturated carbocycles. The number of benzene rings is 2. The van der Waals surface area contributed by atoms with Crippen LogP contribution in [-0.4, -0.2) is 26.3 Å². The summed E-state index contributed by atoms with van der Waals surface area (Å²) in [6.45, 7) is 4.16. The Morgan fingerprint density at radius 1 is 1.19 bits per heavy atom. The highest BCUT2D eigenvalue weighted by molar-refractivity contribution is 9.10. The van der Waals surface area contributed by atoms with E-state index < -0.39 is 0 Å². The molecule has 0 aliphatic rings. The Bertz CT molecular complexity index is 940. The second-order valence-electron chi connectivity index (χ2n) is 5.40. The number of ketones is 1. The summed E-state index contributed by atoms with van der Waals surface area (Å²) in [4.78, 5) is 12.4. The SMILES string of the molecule is C=CCn1c(SCC(=O)c2ccc(Br)cc2)nnc1-c1ccccc1F. The van der Waals surface area contributed by atoms with Gasteiger partial charge in [0.25, 0.3) is 0 Å². The van der Waals surface area contributed by atoms with Gasteiger partial charge < -0.3 is 0 Å². The molecule has 26 heavy (non-hydrogen) atoms. The van der Waals surface area contributed by atoms with Crippen molar-refractivity contribution in [2.75, 3.05) is 5.75 Å². The molecule has 0 spiro atoms. The van der Waals surface area contributed by atoms with Gasteiger partial charge in [-0.05, 0) is 24.3 Å². The van der Waals surface area contributed by atoms with Crippen LogP contribution >= 0.6 is 27.7 Å². The summed E-state index contributed by atoms with van der Waals surface area (Å²) in [7, 11) is 0. The van der Waals surface area contributed by atoms with Crippen LogP contribution in [0.2, 0.25) is 0 Å². The predicted octanol–water partition coefficient (Wildman–Crippen LogP) is 5.01. The van der Waals surface area contributed by atoms with Crippen LogP contribution < -0.4 is 0 Å². The molecule has 1 aromatic heterocycles. The molecule has 0 aliphatic heterocycles. The van der Waals surface area contributed by atoms with Gasteiger partial charge in [-0.15, -0.1) is 16.8 Å². The molecule has 1 heterocycles. The van der Waals surface area contributed by atoms with E-state index in [-0.39, 0.29) is 17.4 Å². The molecule has 4 nitrogen and oxygen atoms in total. The van der Waals surface area contributed by atoms with Gasteiger partial charge in [-0.1, -0.05) is 58.0 Å². The van der Waals surface area contributed by atoms with E-state index in [0.29, 0.717) is 28.7 Å². The molecule has 0 unspecified atom stereocenters. The summed E-state index contributed by atoms with van der Waals surface area (Å²) < 4.78 is 16.8. The Balaban J connectivity index is 1.82. The second kappa shape index (κ2) is 8.42. The quantitative estimate of drug-likeness (QED) is 0.299. The maximum absolute atomic E-state index is 14.1. The number of hydrogen-bond acceptors (Lipinski definition) is 4. The van der Waals surface area contributed by atoms with Gasteiger partial charge in [-0.2, -0.15) is 0 Å². The van der Waals surface area contributed by atoms with Gasteiger partial charge in [-0.3, -0.25) is 9.36 Å². The number of thioether (sulfide) groups is 1. The summed E-state index contributed by atoms with van der Waals surface area (Å²) in [5.41, 5.74) is 0.998. The first-order valence-electron chi connectivity index (χ1n) is 7.80. The maximum atomic E-state index is 14.1. The van der Waals surface area contributed by atoms with Crippen LogP contribution in [0.4, 0.5) is 4.39 Å². The number of nitrogens with zero attached hydrogens (tertiary/aromatic N) is 3. The van der Waals surface area contributed by atoms with E-state index in [1.807, 2.05) is 12.1 Å². The monoisotopic (exact) mass is 431 g/mol. The molecule has 0 atom stereocenters. The molecular weight excluding hydrogens is 417 g/mol. The first kappa shape index (κ1) is 18.5. The first-order valence-corrected chi connectivity index (χ1v) is 9.58. The molecule has 132 valence electrons. The molecule has 0 amide bonds. The van der Waals surface area contributed by atoms with E-state index >= 15 is 0 Å². The third-order valence-electron chi connectivity index (χ3n) is 3.64. The average Bonchev–Trinajstić information content (AvgIpc) is 3.03. The van der Waals surface area contributed by atoms with Crippen molar-refractivity contribution in [3.8, 4) is 11.4 Å². The fourth-order valence-electron chi connectivity index (χ4n) is 2.38.